The van der Waals surface area contributed by atoms with Gasteiger partial charge in [-0.15, -0.1) is 0 Å². The Kier molecular flexibility index (Phi) is 6.05. The number of imide groups is 1. The van der Waals surface area contributed by atoms with E-state index in [-0.39, 0.29) is 35.0 Å². The van der Waals surface area contributed by atoms with Gasteiger partial charge >= 0.3 is 5.97 Å². The zero-order valence-electron chi connectivity index (χ0n) is 17.0. The highest BCUT2D eigenvalue weighted by molar-refractivity contribution is 9.10. The molecule has 1 saturated heterocycles. The number of benzene rings is 2. The maximum absolute atomic E-state index is 12.9. The third-order valence-corrected chi connectivity index (χ3v) is 6.56. The molecule has 0 N–H and O–H groups in total. The fraction of sp³-hybridized carbons (Fsp3) is 0.333. The van der Waals surface area contributed by atoms with E-state index >= 15 is 0 Å². The molecule has 1 saturated carbocycles. The van der Waals surface area contributed by atoms with Crippen molar-refractivity contribution < 1.29 is 23.9 Å². The average Bonchev–Trinajstić information content (AvgIpc) is 3.01. The Labute approximate surface area is 188 Å². The van der Waals surface area contributed by atoms with Gasteiger partial charge in [-0.1, -0.05) is 41.1 Å². The number of ketones is 1. The summed E-state index contributed by atoms with van der Waals surface area (Å²) in [6.07, 6.45) is 2.37. The second kappa shape index (κ2) is 8.75. The van der Waals surface area contributed by atoms with Gasteiger partial charge < -0.3 is 4.74 Å². The van der Waals surface area contributed by atoms with Crippen molar-refractivity contribution in [3.05, 3.63) is 64.1 Å². The first-order valence-electron chi connectivity index (χ1n) is 10.3. The molecule has 31 heavy (non-hydrogen) atoms. The van der Waals surface area contributed by atoms with Crippen LogP contribution in [0.25, 0.3) is 0 Å². The molecule has 4 rings (SSSR count). The first-order valence-corrected chi connectivity index (χ1v) is 11.1. The lowest BCUT2D eigenvalue weighted by Gasteiger charge is -2.25. The molecular formula is C24H22BrNO5. The number of fused-ring (bicyclic) bond motifs is 1. The summed E-state index contributed by atoms with van der Waals surface area (Å²) in [7, 11) is 0. The molecular weight excluding hydrogens is 462 g/mol. The molecule has 2 aromatic rings. The van der Waals surface area contributed by atoms with Crippen molar-refractivity contribution in [3.63, 3.8) is 0 Å². The van der Waals surface area contributed by atoms with Gasteiger partial charge in [0.2, 0.25) is 11.8 Å². The number of carbonyl (C=O) groups is 4. The zero-order chi connectivity index (χ0) is 22.1. The van der Waals surface area contributed by atoms with Gasteiger partial charge in [0.25, 0.3) is 0 Å². The topological polar surface area (TPSA) is 80.8 Å². The first-order chi connectivity index (χ1) is 14.8. The van der Waals surface area contributed by atoms with E-state index < -0.39 is 12.6 Å². The van der Waals surface area contributed by atoms with Crippen LogP contribution in [-0.4, -0.2) is 30.2 Å². The number of esters is 1. The Morgan fingerprint density at radius 1 is 1.00 bits per heavy atom. The lowest BCUT2D eigenvalue weighted by atomic mass is 9.76. The van der Waals surface area contributed by atoms with Crippen LogP contribution in [0.5, 0.6) is 0 Å². The van der Waals surface area contributed by atoms with Crippen LogP contribution in [-0.2, 0) is 14.3 Å². The summed E-state index contributed by atoms with van der Waals surface area (Å²) in [5, 5.41) is 0. The molecule has 2 aromatic carbocycles. The molecule has 7 heteroatoms. The number of hydrogen-bond acceptors (Lipinski definition) is 5. The van der Waals surface area contributed by atoms with Crippen molar-refractivity contribution in [1.82, 2.24) is 0 Å². The summed E-state index contributed by atoms with van der Waals surface area (Å²) in [6, 6.07) is 13.0. The number of anilines is 1. The smallest absolute Gasteiger partial charge is 0.338 e. The van der Waals surface area contributed by atoms with E-state index in [9.17, 15) is 19.2 Å². The third kappa shape index (κ3) is 4.32. The van der Waals surface area contributed by atoms with E-state index in [1.807, 2.05) is 0 Å². The zero-order valence-corrected chi connectivity index (χ0v) is 18.6. The lowest BCUT2D eigenvalue weighted by molar-refractivity contribution is -0.122. The molecule has 160 valence electrons. The molecule has 0 radical (unpaired) electrons. The van der Waals surface area contributed by atoms with Crippen molar-refractivity contribution in [3.8, 4) is 0 Å². The molecule has 3 atom stereocenters. The van der Waals surface area contributed by atoms with Crippen LogP contribution < -0.4 is 4.90 Å². The van der Waals surface area contributed by atoms with Crippen molar-refractivity contribution in [1.29, 1.82) is 0 Å². The van der Waals surface area contributed by atoms with Gasteiger partial charge in [-0.2, -0.15) is 0 Å². The molecule has 2 fully saturated rings. The number of carbonyl (C=O) groups excluding carboxylic acids is 4. The number of Topliss-reactive ketones (excluding diaryl/α,β-unsaturated/α-hetero) is 1. The molecule has 0 bridgehead atoms. The van der Waals surface area contributed by atoms with Gasteiger partial charge in [-0.25, -0.2) is 4.79 Å². The molecule has 1 aliphatic heterocycles. The Hall–Kier alpha value is -2.80. The van der Waals surface area contributed by atoms with Gasteiger partial charge in [-0.3, -0.25) is 19.3 Å². The minimum atomic E-state index is -0.683. The first kappa shape index (κ1) is 21.4. The van der Waals surface area contributed by atoms with Crippen LogP contribution >= 0.6 is 15.9 Å². The number of nitrogens with zero attached hydrogens (tertiary/aromatic N) is 1. The third-order valence-electron chi connectivity index (χ3n) is 6.03. The maximum atomic E-state index is 12.9. The quantitative estimate of drug-likeness (QED) is 0.357. The van der Waals surface area contributed by atoms with Crippen LogP contribution in [0.4, 0.5) is 5.69 Å². The number of hydrogen-bond donors (Lipinski definition) is 0. The van der Waals surface area contributed by atoms with E-state index in [0.29, 0.717) is 30.0 Å². The van der Waals surface area contributed by atoms with Crippen molar-refractivity contribution in [2.45, 2.75) is 26.2 Å². The Morgan fingerprint density at radius 3 is 2.45 bits per heavy atom. The predicted octanol–water partition coefficient (Wildman–Crippen LogP) is 4.41. The molecule has 2 amide bonds. The van der Waals surface area contributed by atoms with Crippen LogP contribution in [0.1, 0.15) is 46.9 Å². The van der Waals surface area contributed by atoms with Crippen LogP contribution in [0.2, 0.25) is 0 Å². The molecule has 1 heterocycles. The molecule has 0 spiro atoms. The Balaban J connectivity index is 1.46. The number of amides is 2. The Morgan fingerprint density at radius 2 is 1.71 bits per heavy atom. The van der Waals surface area contributed by atoms with Crippen LogP contribution in [0.15, 0.2) is 53.0 Å². The summed E-state index contributed by atoms with van der Waals surface area (Å²) in [5.41, 5.74) is 0.991. The highest BCUT2D eigenvalue weighted by atomic mass is 79.9. The molecule has 1 aliphatic carbocycles. The summed E-state index contributed by atoms with van der Waals surface area (Å²) in [5.74, 6) is -1.53. The fourth-order valence-electron chi connectivity index (χ4n) is 4.35. The summed E-state index contributed by atoms with van der Waals surface area (Å²) < 4.78 is 6.01. The Bertz CT molecular complexity index is 1050. The van der Waals surface area contributed by atoms with Gasteiger partial charge in [-0.05, 0) is 55.5 Å². The molecule has 0 unspecified atom stereocenters. The SMILES string of the molecule is C[C@@H]1CC[C@@H]2C(=O)N(c3cccc(C(=O)OCC(=O)c4ccc(Br)cc4)c3)C(=O)[C@@H]2C1. The van der Waals surface area contributed by atoms with E-state index in [0.717, 1.165) is 10.9 Å². The standard InChI is InChI=1S/C24H22BrNO5/c1-14-5-10-19-20(11-14)23(29)26(22(19)28)18-4-2-3-16(12-18)24(30)31-13-21(27)15-6-8-17(25)9-7-15/h2-4,6-9,12,14,19-20H,5,10-11,13H2,1H3/t14-,19+,20-/m1/s1. The second-order valence-corrected chi connectivity index (χ2v) is 9.12. The van der Waals surface area contributed by atoms with E-state index in [4.69, 9.17) is 4.74 Å². The van der Waals surface area contributed by atoms with Gasteiger partial charge in [0, 0.05) is 10.0 Å². The minimum Gasteiger partial charge on any atom is -0.454 e. The highest BCUT2D eigenvalue weighted by Crippen LogP contribution is 2.42. The van der Waals surface area contributed by atoms with E-state index in [1.165, 1.54) is 17.0 Å². The fourth-order valence-corrected chi connectivity index (χ4v) is 4.61. The summed E-state index contributed by atoms with van der Waals surface area (Å²) >= 11 is 3.30. The van der Waals surface area contributed by atoms with Gasteiger partial charge in [0.05, 0.1) is 23.1 Å². The highest BCUT2D eigenvalue weighted by Gasteiger charge is 2.50. The minimum absolute atomic E-state index is 0.185. The normalized spacial score (nSPS) is 22.9. The van der Waals surface area contributed by atoms with Crippen LogP contribution in [0, 0.1) is 17.8 Å². The second-order valence-electron chi connectivity index (χ2n) is 8.20. The largest absolute Gasteiger partial charge is 0.454 e. The lowest BCUT2D eigenvalue weighted by Crippen LogP contribution is -2.31. The maximum Gasteiger partial charge on any atom is 0.338 e. The number of halogens is 1. The van der Waals surface area contributed by atoms with Crippen molar-refractivity contribution in [2.24, 2.45) is 17.8 Å². The number of rotatable bonds is 5. The van der Waals surface area contributed by atoms with Gasteiger partial charge in [0.1, 0.15) is 0 Å². The van der Waals surface area contributed by atoms with Crippen molar-refractivity contribution in [2.75, 3.05) is 11.5 Å². The summed E-state index contributed by atoms with van der Waals surface area (Å²) in [4.78, 5) is 51.7. The number of ether oxygens (including phenoxy) is 1. The van der Waals surface area contributed by atoms with E-state index in [1.54, 1.807) is 36.4 Å². The van der Waals surface area contributed by atoms with Crippen LogP contribution in [0.3, 0.4) is 0 Å². The monoisotopic (exact) mass is 483 g/mol. The average molecular weight is 484 g/mol. The van der Waals surface area contributed by atoms with Crippen molar-refractivity contribution >= 4 is 45.2 Å². The van der Waals surface area contributed by atoms with E-state index in [2.05, 4.69) is 22.9 Å². The predicted molar refractivity (Wildman–Crippen MR) is 118 cm³/mol. The molecule has 0 aromatic heterocycles. The van der Waals surface area contributed by atoms with Gasteiger partial charge in [0.15, 0.2) is 12.4 Å². The summed E-state index contributed by atoms with van der Waals surface area (Å²) in [6.45, 7) is 1.71. The molecule has 2 aliphatic rings. The molecule has 6 nitrogen and oxygen atoms in total.